The van der Waals surface area contributed by atoms with Gasteiger partial charge in [-0.3, -0.25) is 0 Å². The molecule has 0 spiro atoms. The van der Waals surface area contributed by atoms with Crippen molar-refractivity contribution in [2.75, 3.05) is 5.73 Å². The first-order chi connectivity index (χ1) is 7.08. The van der Waals surface area contributed by atoms with E-state index in [0.29, 0.717) is 12.5 Å². The van der Waals surface area contributed by atoms with Crippen LogP contribution >= 0.6 is 15.9 Å². The number of hydrogen-bond donors (Lipinski definition) is 1. The summed E-state index contributed by atoms with van der Waals surface area (Å²) in [4.78, 5) is 0. The van der Waals surface area contributed by atoms with Crippen LogP contribution in [0.5, 0.6) is 0 Å². The Morgan fingerprint density at radius 1 is 1.53 bits per heavy atom. The summed E-state index contributed by atoms with van der Waals surface area (Å²) in [5.74, 6) is 0.644. The van der Waals surface area contributed by atoms with E-state index in [1.54, 1.807) is 0 Å². The van der Waals surface area contributed by atoms with Crippen LogP contribution in [0.2, 0.25) is 0 Å². The van der Waals surface area contributed by atoms with Crippen molar-refractivity contribution in [2.45, 2.75) is 33.0 Å². The molecule has 1 atom stereocenters. The van der Waals surface area contributed by atoms with Gasteiger partial charge in [0.25, 0.3) is 0 Å². The Morgan fingerprint density at radius 3 is 2.93 bits per heavy atom. The Morgan fingerprint density at radius 2 is 2.27 bits per heavy atom. The van der Waals surface area contributed by atoms with E-state index < -0.39 is 0 Å². The molecule has 2 N–H and O–H groups in total. The molecule has 15 heavy (non-hydrogen) atoms. The van der Waals surface area contributed by atoms with E-state index in [1.807, 2.05) is 12.1 Å². The molecule has 3 heteroatoms. The first-order valence-electron chi connectivity index (χ1n) is 5.27. The van der Waals surface area contributed by atoms with E-state index in [-0.39, 0.29) is 6.10 Å². The maximum Gasteiger partial charge on any atom is 0.0846 e. The molecule has 0 fully saturated rings. The summed E-state index contributed by atoms with van der Waals surface area (Å²) in [5.41, 5.74) is 9.11. The van der Waals surface area contributed by atoms with Crippen molar-refractivity contribution in [3.63, 3.8) is 0 Å². The number of ether oxygens (including phenoxy) is 1. The smallest absolute Gasteiger partial charge is 0.0846 e. The molecule has 0 saturated heterocycles. The fourth-order valence-corrected chi connectivity index (χ4v) is 2.84. The molecule has 0 amide bonds. The van der Waals surface area contributed by atoms with Crippen LogP contribution in [0.4, 0.5) is 5.69 Å². The van der Waals surface area contributed by atoms with Gasteiger partial charge >= 0.3 is 0 Å². The number of nitrogens with two attached hydrogens (primary N) is 1. The van der Waals surface area contributed by atoms with Gasteiger partial charge in [0.1, 0.15) is 0 Å². The average molecular weight is 270 g/mol. The summed E-state index contributed by atoms with van der Waals surface area (Å²) in [6.07, 6.45) is 1.30. The van der Waals surface area contributed by atoms with E-state index in [4.69, 9.17) is 10.5 Å². The zero-order chi connectivity index (χ0) is 11.0. The van der Waals surface area contributed by atoms with Crippen LogP contribution in [0.1, 0.15) is 37.5 Å². The van der Waals surface area contributed by atoms with Gasteiger partial charge in [0.05, 0.1) is 12.7 Å². The maximum atomic E-state index is 5.79. The Bertz CT molecular complexity index is 376. The molecule has 1 unspecified atom stereocenters. The number of fused-ring (bicyclic) bond motifs is 1. The minimum atomic E-state index is 0.231. The second-order valence-electron chi connectivity index (χ2n) is 4.50. The third-order valence-electron chi connectivity index (χ3n) is 2.69. The quantitative estimate of drug-likeness (QED) is 0.832. The third kappa shape index (κ3) is 2.18. The van der Waals surface area contributed by atoms with Crippen molar-refractivity contribution in [1.82, 2.24) is 0 Å². The van der Waals surface area contributed by atoms with E-state index in [2.05, 4.69) is 29.8 Å². The highest BCUT2D eigenvalue weighted by molar-refractivity contribution is 9.10. The van der Waals surface area contributed by atoms with Gasteiger partial charge < -0.3 is 10.5 Å². The lowest BCUT2D eigenvalue weighted by atomic mass is 9.98. The second kappa shape index (κ2) is 4.14. The molecule has 1 aromatic rings. The van der Waals surface area contributed by atoms with Gasteiger partial charge in [-0.1, -0.05) is 29.8 Å². The highest BCUT2D eigenvalue weighted by atomic mass is 79.9. The summed E-state index contributed by atoms with van der Waals surface area (Å²) in [5, 5.41) is 0. The van der Waals surface area contributed by atoms with Crippen LogP contribution in [0.25, 0.3) is 0 Å². The molecule has 1 aromatic carbocycles. The van der Waals surface area contributed by atoms with Gasteiger partial charge in [-0.2, -0.15) is 0 Å². The van der Waals surface area contributed by atoms with Crippen LogP contribution in [-0.2, 0) is 11.3 Å². The number of hydrogen-bond acceptors (Lipinski definition) is 2. The van der Waals surface area contributed by atoms with E-state index in [9.17, 15) is 0 Å². The number of benzene rings is 1. The molecule has 1 aliphatic rings. The number of rotatable bonds is 2. The van der Waals surface area contributed by atoms with Crippen LogP contribution in [-0.4, -0.2) is 0 Å². The molecule has 0 bridgehead atoms. The number of halogens is 1. The van der Waals surface area contributed by atoms with E-state index in [1.165, 1.54) is 11.1 Å². The molecule has 0 aliphatic carbocycles. The highest BCUT2D eigenvalue weighted by Crippen LogP contribution is 2.40. The Labute approximate surface area is 98.9 Å². The van der Waals surface area contributed by atoms with Crippen molar-refractivity contribution in [2.24, 2.45) is 5.92 Å². The molecule has 1 heterocycles. The van der Waals surface area contributed by atoms with Crippen molar-refractivity contribution in [1.29, 1.82) is 0 Å². The molecule has 82 valence electrons. The second-order valence-corrected chi connectivity index (χ2v) is 5.36. The average Bonchev–Trinajstić information content (AvgIpc) is 2.46. The van der Waals surface area contributed by atoms with Gasteiger partial charge in [0, 0.05) is 15.7 Å². The van der Waals surface area contributed by atoms with Crippen molar-refractivity contribution < 1.29 is 4.74 Å². The Kier molecular flexibility index (Phi) is 3.03. The highest BCUT2D eigenvalue weighted by Gasteiger charge is 2.26. The maximum absolute atomic E-state index is 5.79. The normalized spacial score (nSPS) is 19.6. The zero-order valence-corrected chi connectivity index (χ0v) is 10.7. The van der Waals surface area contributed by atoms with Gasteiger partial charge in [-0.05, 0) is 30.0 Å². The Balaban J connectivity index is 2.33. The van der Waals surface area contributed by atoms with Crippen molar-refractivity contribution in [3.8, 4) is 0 Å². The molecule has 2 rings (SSSR count). The summed E-state index contributed by atoms with van der Waals surface area (Å²) in [6, 6.07) is 3.97. The van der Waals surface area contributed by atoms with Gasteiger partial charge in [-0.15, -0.1) is 0 Å². The topological polar surface area (TPSA) is 35.2 Å². The van der Waals surface area contributed by atoms with Gasteiger partial charge in [0.2, 0.25) is 0 Å². The third-order valence-corrected chi connectivity index (χ3v) is 3.34. The lowest BCUT2D eigenvalue weighted by Crippen LogP contribution is -2.02. The molecular weight excluding hydrogens is 254 g/mol. The monoisotopic (exact) mass is 269 g/mol. The largest absolute Gasteiger partial charge is 0.399 e. The fraction of sp³-hybridized carbons (Fsp3) is 0.500. The number of anilines is 1. The first kappa shape index (κ1) is 11.0. The summed E-state index contributed by atoms with van der Waals surface area (Å²) in [6.45, 7) is 5.12. The van der Waals surface area contributed by atoms with Crippen LogP contribution in [0, 0.1) is 5.92 Å². The lowest BCUT2D eigenvalue weighted by Gasteiger charge is -2.15. The first-order valence-corrected chi connectivity index (χ1v) is 6.06. The fourth-order valence-electron chi connectivity index (χ4n) is 2.07. The predicted molar refractivity (Wildman–Crippen MR) is 65.5 cm³/mol. The molecule has 1 aliphatic heterocycles. The van der Waals surface area contributed by atoms with Crippen molar-refractivity contribution in [3.05, 3.63) is 27.7 Å². The molecular formula is C12H16BrNO. The minimum Gasteiger partial charge on any atom is -0.399 e. The minimum absolute atomic E-state index is 0.231. The molecule has 0 saturated carbocycles. The molecule has 2 nitrogen and oxygen atoms in total. The number of nitrogen functional groups attached to an aromatic ring is 1. The summed E-state index contributed by atoms with van der Waals surface area (Å²) in [7, 11) is 0. The predicted octanol–water partition coefficient (Wildman–Crippen LogP) is 3.65. The summed E-state index contributed by atoms with van der Waals surface area (Å²) < 4.78 is 6.87. The lowest BCUT2D eigenvalue weighted by molar-refractivity contribution is 0.0511. The van der Waals surface area contributed by atoms with E-state index in [0.717, 1.165) is 16.6 Å². The van der Waals surface area contributed by atoms with Crippen molar-refractivity contribution >= 4 is 21.6 Å². The van der Waals surface area contributed by atoms with Crippen LogP contribution < -0.4 is 5.73 Å². The van der Waals surface area contributed by atoms with Gasteiger partial charge in [-0.25, -0.2) is 0 Å². The van der Waals surface area contributed by atoms with Gasteiger partial charge in [0.15, 0.2) is 0 Å². The van der Waals surface area contributed by atoms with Crippen LogP contribution in [0.3, 0.4) is 0 Å². The SMILES string of the molecule is CC(C)CC1OCc2cc(N)cc(Br)c21. The Hall–Kier alpha value is -0.540. The summed E-state index contributed by atoms with van der Waals surface area (Å²) >= 11 is 3.57. The van der Waals surface area contributed by atoms with E-state index >= 15 is 0 Å². The molecule has 0 radical (unpaired) electrons. The zero-order valence-electron chi connectivity index (χ0n) is 9.09. The standard InChI is InChI=1S/C12H16BrNO/c1-7(2)3-11-12-8(6-15-11)4-9(14)5-10(12)13/h4-5,7,11H,3,6,14H2,1-2H3. The van der Waals surface area contributed by atoms with Crippen LogP contribution in [0.15, 0.2) is 16.6 Å². The molecule has 0 aromatic heterocycles.